The van der Waals surface area contributed by atoms with E-state index >= 15 is 0 Å². The van der Waals surface area contributed by atoms with Gasteiger partial charge in [0.25, 0.3) is 11.8 Å². The fraction of sp³-hybridized carbons (Fsp3) is 0.150. The summed E-state index contributed by atoms with van der Waals surface area (Å²) in [4.78, 5) is 28.5. The van der Waals surface area contributed by atoms with Gasteiger partial charge in [-0.1, -0.05) is 17.7 Å². The largest absolute Gasteiger partial charge is 0.493 e. The highest BCUT2D eigenvalue weighted by atomic mass is 35.5. The molecule has 3 rings (SSSR count). The summed E-state index contributed by atoms with van der Waals surface area (Å²) >= 11 is 6.12. The summed E-state index contributed by atoms with van der Waals surface area (Å²) in [7, 11) is 1.48. The van der Waals surface area contributed by atoms with Crippen molar-refractivity contribution in [1.29, 1.82) is 0 Å². The van der Waals surface area contributed by atoms with Crippen molar-refractivity contribution in [2.24, 2.45) is 0 Å². The Kier molecular flexibility index (Phi) is 6.36. The first kappa shape index (κ1) is 20.2. The number of benzene rings is 1. The normalized spacial score (nSPS) is 10.9. The van der Waals surface area contributed by atoms with Crippen molar-refractivity contribution in [2.75, 3.05) is 13.7 Å². The minimum atomic E-state index is -0.529. The van der Waals surface area contributed by atoms with E-state index < -0.39 is 11.8 Å². The molecule has 0 aliphatic carbocycles. The predicted octanol–water partition coefficient (Wildman–Crippen LogP) is 2.87. The van der Waals surface area contributed by atoms with Crippen LogP contribution in [0.15, 0.2) is 48.7 Å². The Morgan fingerprint density at radius 3 is 2.79 bits per heavy atom. The van der Waals surface area contributed by atoms with E-state index in [0.717, 1.165) is 0 Å². The lowest BCUT2D eigenvalue weighted by Gasteiger charge is -2.11. The molecule has 0 unspecified atom stereocenters. The van der Waals surface area contributed by atoms with Gasteiger partial charge in [0, 0.05) is 17.8 Å². The van der Waals surface area contributed by atoms with Gasteiger partial charge in [-0.05, 0) is 43.3 Å². The van der Waals surface area contributed by atoms with Crippen LogP contribution in [0.25, 0.3) is 11.7 Å². The summed E-state index contributed by atoms with van der Waals surface area (Å²) in [6, 6.07) is 10.2. The number of imidazole rings is 1. The Bertz CT molecular complexity index is 1080. The molecule has 0 saturated carbocycles. The van der Waals surface area contributed by atoms with Gasteiger partial charge in [0.1, 0.15) is 5.65 Å². The number of carbonyl (C=O) groups is 2. The summed E-state index contributed by atoms with van der Waals surface area (Å²) in [5, 5.41) is 0.269. The van der Waals surface area contributed by atoms with Crippen LogP contribution >= 0.6 is 11.6 Å². The van der Waals surface area contributed by atoms with Gasteiger partial charge in [-0.3, -0.25) is 24.8 Å². The Labute approximate surface area is 172 Å². The zero-order valence-corrected chi connectivity index (χ0v) is 16.6. The summed E-state index contributed by atoms with van der Waals surface area (Å²) in [5.41, 5.74) is 6.18. The van der Waals surface area contributed by atoms with Crippen molar-refractivity contribution in [3.05, 3.63) is 65.1 Å². The molecular weight excluding hydrogens is 396 g/mol. The van der Waals surface area contributed by atoms with Crippen LogP contribution in [0.4, 0.5) is 0 Å². The quantitative estimate of drug-likeness (QED) is 0.478. The number of hydrazine groups is 1. The van der Waals surface area contributed by atoms with Gasteiger partial charge in [-0.25, -0.2) is 4.98 Å². The van der Waals surface area contributed by atoms with E-state index in [2.05, 4.69) is 15.8 Å². The zero-order chi connectivity index (χ0) is 20.8. The third-order valence-corrected chi connectivity index (χ3v) is 4.22. The van der Waals surface area contributed by atoms with Crippen LogP contribution in [0.2, 0.25) is 5.15 Å². The van der Waals surface area contributed by atoms with Gasteiger partial charge in [0.05, 0.1) is 19.4 Å². The van der Waals surface area contributed by atoms with Crippen LogP contribution in [-0.4, -0.2) is 34.9 Å². The molecule has 2 amide bonds. The molecule has 3 aromatic rings. The number of amides is 2. The highest BCUT2D eigenvalue weighted by molar-refractivity contribution is 6.31. The van der Waals surface area contributed by atoms with Crippen LogP contribution in [0, 0.1) is 0 Å². The number of hydrogen-bond acceptors (Lipinski definition) is 5. The number of carbonyl (C=O) groups excluding carboxylic acids is 2. The van der Waals surface area contributed by atoms with Gasteiger partial charge in [0.2, 0.25) is 0 Å². The fourth-order valence-corrected chi connectivity index (χ4v) is 2.85. The lowest BCUT2D eigenvalue weighted by molar-refractivity contribution is -0.117. The highest BCUT2D eigenvalue weighted by Gasteiger charge is 2.12. The minimum absolute atomic E-state index is 0.269. The molecule has 2 aromatic heterocycles. The molecule has 0 aliphatic rings. The van der Waals surface area contributed by atoms with Crippen molar-refractivity contribution in [3.63, 3.8) is 0 Å². The lowest BCUT2D eigenvalue weighted by Crippen LogP contribution is -2.40. The average molecular weight is 415 g/mol. The molecule has 0 atom stereocenters. The SMILES string of the molecule is CCOc1ccc(C(=O)NNC(=O)/C=C/c2c(Cl)nc3ccccn23)cc1OC. The second-order valence-electron chi connectivity index (χ2n) is 5.79. The first-order valence-electron chi connectivity index (χ1n) is 8.75. The average Bonchev–Trinajstić information content (AvgIpc) is 3.05. The molecular formula is C20H19ClN4O4. The summed E-state index contributed by atoms with van der Waals surface area (Å²) in [5.74, 6) is -0.0736. The van der Waals surface area contributed by atoms with E-state index in [0.29, 0.717) is 35.0 Å². The number of halogens is 1. The minimum Gasteiger partial charge on any atom is -0.493 e. The van der Waals surface area contributed by atoms with Gasteiger partial charge in [-0.15, -0.1) is 0 Å². The summed E-state index contributed by atoms with van der Waals surface area (Å²) in [6.45, 7) is 2.32. The highest BCUT2D eigenvalue weighted by Crippen LogP contribution is 2.27. The number of nitrogens with zero attached hydrogens (tertiary/aromatic N) is 2. The Balaban J connectivity index is 1.63. The molecule has 0 bridgehead atoms. The van der Waals surface area contributed by atoms with Crippen LogP contribution in [0.1, 0.15) is 23.0 Å². The Morgan fingerprint density at radius 1 is 1.21 bits per heavy atom. The second-order valence-corrected chi connectivity index (χ2v) is 6.15. The topological polar surface area (TPSA) is 94.0 Å². The second kappa shape index (κ2) is 9.11. The third kappa shape index (κ3) is 4.67. The third-order valence-electron chi connectivity index (χ3n) is 3.94. The molecule has 0 radical (unpaired) electrons. The molecule has 9 heteroatoms. The number of ether oxygens (including phenoxy) is 2. The van der Waals surface area contributed by atoms with Crippen LogP contribution in [-0.2, 0) is 4.79 Å². The summed E-state index contributed by atoms with van der Waals surface area (Å²) in [6.07, 6.45) is 4.55. The Hall–Kier alpha value is -3.52. The number of pyridine rings is 1. The maximum atomic E-state index is 12.3. The van der Waals surface area contributed by atoms with Crippen molar-refractivity contribution in [1.82, 2.24) is 20.2 Å². The van der Waals surface area contributed by atoms with Crippen molar-refractivity contribution >= 4 is 35.1 Å². The van der Waals surface area contributed by atoms with E-state index in [1.54, 1.807) is 28.8 Å². The molecule has 0 saturated heterocycles. The summed E-state index contributed by atoms with van der Waals surface area (Å²) < 4.78 is 12.4. The molecule has 0 fully saturated rings. The molecule has 8 nitrogen and oxygen atoms in total. The number of nitrogens with one attached hydrogen (secondary N) is 2. The van der Waals surface area contributed by atoms with E-state index in [1.807, 2.05) is 19.1 Å². The van der Waals surface area contributed by atoms with Gasteiger partial charge < -0.3 is 9.47 Å². The molecule has 29 heavy (non-hydrogen) atoms. The molecule has 1 aromatic carbocycles. The first-order chi connectivity index (χ1) is 14.0. The number of fused-ring (bicyclic) bond motifs is 1. The van der Waals surface area contributed by atoms with Crippen molar-refractivity contribution in [2.45, 2.75) is 6.92 Å². The van der Waals surface area contributed by atoms with Crippen molar-refractivity contribution < 1.29 is 19.1 Å². The maximum absolute atomic E-state index is 12.3. The van der Waals surface area contributed by atoms with E-state index in [-0.39, 0.29) is 5.15 Å². The molecule has 150 valence electrons. The maximum Gasteiger partial charge on any atom is 0.269 e. The number of hydrogen-bond donors (Lipinski definition) is 2. The number of methoxy groups -OCH3 is 1. The monoisotopic (exact) mass is 414 g/mol. The standard InChI is InChI=1S/C20H19ClN4O4/c1-3-29-15-9-7-13(12-16(15)28-2)20(27)24-23-18(26)10-8-14-19(21)22-17-6-4-5-11-25(14)17/h4-12H,3H2,1-2H3,(H,23,26)(H,24,27)/b10-8+. The number of aromatic nitrogens is 2. The van der Waals surface area contributed by atoms with Crippen molar-refractivity contribution in [3.8, 4) is 11.5 Å². The molecule has 0 spiro atoms. The van der Waals surface area contributed by atoms with E-state index in [9.17, 15) is 9.59 Å². The molecule has 2 N–H and O–H groups in total. The number of rotatable bonds is 6. The fourth-order valence-electron chi connectivity index (χ4n) is 2.61. The van der Waals surface area contributed by atoms with Gasteiger partial charge >= 0.3 is 0 Å². The smallest absolute Gasteiger partial charge is 0.269 e. The van der Waals surface area contributed by atoms with Gasteiger partial charge in [-0.2, -0.15) is 0 Å². The van der Waals surface area contributed by atoms with E-state index in [1.165, 1.54) is 25.3 Å². The van der Waals surface area contributed by atoms with Crippen LogP contribution in [0.5, 0.6) is 11.5 Å². The zero-order valence-electron chi connectivity index (χ0n) is 15.8. The van der Waals surface area contributed by atoms with Crippen LogP contribution < -0.4 is 20.3 Å². The van der Waals surface area contributed by atoms with Crippen LogP contribution in [0.3, 0.4) is 0 Å². The van der Waals surface area contributed by atoms with E-state index in [4.69, 9.17) is 21.1 Å². The predicted molar refractivity (Wildman–Crippen MR) is 109 cm³/mol. The first-order valence-corrected chi connectivity index (χ1v) is 9.13. The van der Waals surface area contributed by atoms with Gasteiger partial charge in [0.15, 0.2) is 16.7 Å². The Morgan fingerprint density at radius 2 is 2.03 bits per heavy atom. The molecule has 0 aliphatic heterocycles. The molecule has 2 heterocycles. The lowest BCUT2D eigenvalue weighted by atomic mass is 10.2.